The van der Waals surface area contributed by atoms with Crippen molar-refractivity contribution in [3.63, 3.8) is 0 Å². The van der Waals surface area contributed by atoms with Crippen LogP contribution in [0.2, 0.25) is 0 Å². The minimum absolute atomic E-state index is 0.0657. The highest BCUT2D eigenvalue weighted by Crippen LogP contribution is 2.24. The van der Waals surface area contributed by atoms with E-state index < -0.39 is 0 Å². The molecule has 96 valence electrons. The average Bonchev–Trinajstić information content (AvgIpc) is 2.47. The SMILES string of the molecule is CCC(N)c1ccc(Oc2cccc(C#N)c2)cc1. The zero-order valence-electron chi connectivity index (χ0n) is 10.8. The molecule has 0 aliphatic carbocycles. The number of nitrogens with zero attached hydrogens (tertiary/aromatic N) is 1. The maximum absolute atomic E-state index is 8.83. The van der Waals surface area contributed by atoms with Crippen LogP contribution in [0.25, 0.3) is 0 Å². The minimum Gasteiger partial charge on any atom is -0.457 e. The molecule has 0 heterocycles. The van der Waals surface area contributed by atoms with Gasteiger partial charge in [-0.15, -0.1) is 0 Å². The molecular formula is C16H16N2O. The lowest BCUT2D eigenvalue weighted by atomic mass is 10.1. The number of ether oxygens (including phenoxy) is 1. The smallest absolute Gasteiger partial charge is 0.128 e. The Morgan fingerprint density at radius 1 is 1.16 bits per heavy atom. The van der Waals surface area contributed by atoms with Gasteiger partial charge in [-0.2, -0.15) is 5.26 Å². The second-order valence-electron chi connectivity index (χ2n) is 4.33. The van der Waals surface area contributed by atoms with Gasteiger partial charge in [0, 0.05) is 6.04 Å². The summed E-state index contributed by atoms with van der Waals surface area (Å²) in [4.78, 5) is 0. The highest BCUT2D eigenvalue weighted by molar-refractivity contribution is 5.39. The van der Waals surface area contributed by atoms with E-state index in [4.69, 9.17) is 15.7 Å². The maximum atomic E-state index is 8.83. The second-order valence-corrected chi connectivity index (χ2v) is 4.33. The molecule has 0 saturated heterocycles. The predicted octanol–water partition coefficient (Wildman–Crippen LogP) is 3.76. The van der Waals surface area contributed by atoms with Crippen LogP contribution in [0.5, 0.6) is 11.5 Å². The lowest BCUT2D eigenvalue weighted by Gasteiger charge is -2.10. The molecule has 19 heavy (non-hydrogen) atoms. The van der Waals surface area contributed by atoms with Gasteiger partial charge in [-0.25, -0.2) is 0 Å². The Labute approximate surface area is 113 Å². The van der Waals surface area contributed by atoms with Crippen LogP contribution in [0.4, 0.5) is 0 Å². The number of benzene rings is 2. The van der Waals surface area contributed by atoms with E-state index in [9.17, 15) is 0 Å². The first-order valence-corrected chi connectivity index (χ1v) is 6.26. The summed E-state index contributed by atoms with van der Waals surface area (Å²) in [5, 5.41) is 8.83. The molecule has 2 aromatic carbocycles. The Hall–Kier alpha value is -2.31. The number of hydrogen-bond donors (Lipinski definition) is 1. The summed E-state index contributed by atoms with van der Waals surface area (Å²) in [6.45, 7) is 2.06. The zero-order chi connectivity index (χ0) is 13.7. The van der Waals surface area contributed by atoms with Gasteiger partial charge in [-0.3, -0.25) is 0 Å². The largest absolute Gasteiger partial charge is 0.457 e. The minimum atomic E-state index is 0.0657. The van der Waals surface area contributed by atoms with Gasteiger partial charge >= 0.3 is 0 Å². The fourth-order valence-corrected chi connectivity index (χ4v) is 1.78. The maximum Gasteiger partial charge on any atom is 0.128 e. The van der Waals surface area contributed by atoms with Crippen molar-refractivity contribution < 1.29 is 4.74 Å². The Bertz CT molecular complexity index is 584. The van der Waals surface area contributed by atoms with Crippen molar-refractivity contribution in [1.29, 1.82) is 5.26 Å². The van der Waals surface area contributed by atoms with Crippen molar-refractivity contribution in [1.82, 2.24) is 0 Å². The summed E-state index contributed by atoms with van der Waals surface area (Å²) in [7, 11) is 0. The van der Waals surface area contributed by atoms with E-state index in [0.29, 0.717) is 11.3 Å². The van der Waals surface area contributed by atoms with Gasteiger partial charge < -0.3 is 10.5 Å². The number of nitriles is 1. The lowest BCUT2D eigenvalue weighted by Crippen LogP contribution is -2.07. The van der Waals surface area contributed by atoms with Crippen molar-refractivity contribution >= 4 is 0 Å². The monoisotopic (exact) mass is 252 g/mol. The molecule has 2 rings (SSSR count). The van der Waals surface area contributed by atoms with Crippen LogP contribution >= 0.6 is 0 Å². The molecular weight excluding hydrogens is 236 g/mol. The number of hydrogen-bond acceptors (Lipinski definition) is 3. The standard InChI is InChI=1S/C16H16N2O/c1-2-16(18)13-6-8-14(9-7-13)19-15-5-3-4-12(10-15)11-17/h3-10,16H,2,18H2,1H3. The molecule has 0 fully saturated rings. The zero-order valence-corrected chi connectivity index (χ0v) is 10.8. The number of rotatable bonds is 4. The van der Waals surface area contributed by atoms with Gasteiger partial charge in [-0.05, 0) is 42.3 Å². The van der Waals surface area contributed by atoms with Crippen molar-refractivity contribution in [3.8, 4) is 17.6 Å². The molecule has 2 aromatic rings. The first-order chi connectivity index (χ1) is 9.22. The van der Waals surface area contributed by atoms with Crippen molar-refractivity contribution in [2.24, 2.45) is 5.73 Å². The van der Waals surface area contributed by atoms with Crippen molar-refractivity contribution in [2.75, 3.05) is 0 Å². The second kappa shape index (κ2) is 6.03. The van der Waals surface area contributed by atoms with E-state index in [1.165, 1.54) is 0 Å². The highest BCUT2D eigenvalue weighted by atomic mass is 16.5. The van der Waals surface area contributed by atoms with Gasteiger partial charge in [0.15, 0.2) is 0 Å². The normalized spacial score (nSPS) is 11.6. The first-order valence-electron chi connectivity index (χ1n) is 6.26. The average molecular weight is 252 g/mol. The predicted molar refractivity (Wildman–Crippen MR) is 74.9 cm³/mol. The van der Waals surface area contributed by atoms with Gasteiger partial charge in [0.05, 0.1) is 11.6 Å². The Kier molecular flexibility index (Phi) is 4.17. The highest BCUT2D eigenvalue weighted by Gasteiger charge is 2.04. The Morgan fingerprint density at radius 2 is 1.89 bits per heavy atom. The van der Waals surface area contributed by atoms with E-state index in [2.05, 4.69) is 13.0 Å². The topological polar surface area (TPSA) is 59.0 Å². The third-order valence-electron chi connectivity index (χ3n) is 2.95. The van der Waals surface area contributed by atoms with Crippen LogP contribution in [0.1, 0.15) is 30.5 Å². The molecule has 0 spiro atoms. The summed E-state index contributed by atoms with van der Waals surface area (Å²) >= 11 is 0. The summed E-state index contributed by atoms with van der Waals surface area (Å²) in [5.41, 5.74) is 7.64. The fourth-order valence-electron chi connectivity index (χ4n) is 1.78. The van der Waals surface area contributed by atoms with Crippen LogP contribution in [0, 0.1) is 11.3 Å². The summed E-state index contributed by atoms with van der Waals surface area (Å²) in [6, 6.07) is 17.0. The molecule has 3 heteroatoms. The lowest BCUT2D eigenvalue weighted by molar-refractivity contribution is 0.482. The quantitative estimate of drug-likeness (QED) is 0.901. The van der Waals surface area contributed by atoms with E-state index in [1.807, 2.05) is 30.3 Å². The molecule has 2 N–H and O–H groups in total. The molecule has 0 amide bonds. The van der Waals surface area contributed by atoms with Crippen molar-refractivity contribution in [2.45, 2.75) is 19.4 Å². The summed E-state index contributed by atoms with van der Waals surface area (Å²) in [5.74, 6) is 1.40. The van der Waals surface area contributed by atoms with Gasteiger partial charge in [0.1, 0.15) is 11.5 Å². The molecule has 1 unspecified atom stereocenters. The molecule has 1 atom stereocenters. The van der Waals surface area contributed by atoms with Gasteiger partial charge in [0.25, 0.3) is 0 Å². The molecule has 0 aromatic heterocycles. The van der Waals surface area contributed by atoms with Crippen LogP contribution in [-0.2, 0) is 0 Å². The fraction of sp³-hybridized carbons (Fsp3) is 0.188. The Morgan fingerprint density at radius 3 is 2.53 bits per heavy atom. The summed E-state index contributed by atoms with van der Waals surface area (Å²) in [6.07, 6.45) is 0.907. The van der Waals surface area contributed by atoms with Crippen molar-refractivity contribution in [3.05, 3.63) is 59.7 Å². The van der Waals surface area contributed by atoms with E-state index >= 15 is 0 Å². The van der Waals surface area contributed by atoms with Gasteiger partial charge in [-0.1, -0.05) is 25.1 Å². The molecule has 0 aliphatic heterocycles. The van der Waals surface area contributed by atoms with E-state index in [0.717, 1.165) is 17.7 Å². The first kappa shape index (κ1) is 13.1. The Balaban J connectivity index is 2.13. The van der Waals surface area contributed by atoms with Crippen LogP contribution in [0.15, 0.2) is 48.5 Å². The molecule has 0 saturated carbocycles. The third kappa shape index (κ3) is 3.34. The molecule has 0 aliphatic rings. The van der Waals surface area contributed by atoms with E-state index in [-0.39, 0.29) is 6.04 Å². The molecule has 0 radical (unpaired) electrons. The van der Waals surface area contributed by atoms with Crippen LogP contribution < -0.4 is 10.5 Å². The van der Waals surface area contributed by atoms with Gasteiger partial charge in [0.2, 0.25) is 0 Å². The number of nitrogens with two attached hydrogens (primary N) is 1. The molecule has 0 bridgehead atoms. The summed E-state index contributed by atoms with van der Waals surface area (Å²) < 4.78 is 5.70. The third-order valence-corrected chi connectivity index (χ3v) is 2.95. The molecule has 3 nitrogen and oxygen atoms in total. The van der Waals surface area contributed by atoms with Crippen LogP contribution in [-0.4, -0.2) is 0 Å². The van der Waals surface area contributed by atoms with Crippen LogP contribution in [0.3, 0.4) is 0 Å². The van der Waals surface area contributed by atoms with E-state index in [1.54, 1.807) is 18.2 Å².